The number of nitrogens with zero attached hydrogens (tertiary/aromatic N) is 5. The molecule has 1 amide bonds. The van der Waals surface area contributed by atoms with Crippen LogP contribution in [0.1, 0.15) is 46.4 Å². The normalized spacial score (nSPS) is 33.0. The summed E-state index contributed by atoms with van der Waals surface area (Å²) in [4.78, 5) is 63.4. The average Bonchev–Trinajstić information content (AvgIpc) is 3.69. The number of rotatable bonds is 8. The minimum Gasteiger partial charge on any atom is -0.346 e. The summed E-state index contributed by atoms with van der Waals surface area (Å²) in [7, 11) is -9.71. The van der Waals surface area contributed by atoms with Gasteiger partial charge in [-0.05, 0) is 45.7 Å². The van der Waals surface area contributed by atoms with Gasteiger partial charge in [0.2, 0.25) is 5.28 Å². The quantitative estimate of drug-likeness (QED) is 0.170. The number of fused-ring (bicyclic) bond motifs is 3. The van der Waals surface area contributed by atoms with E-state index in [4.69, 9.17) is 79.1 Å². The fourth-order valence-electron chi connectivity index (χ4n) is 6.56. The maximum atomic E-state index is 13.1. The number of halogens is 4. The topological polar surface area (TPSA) is 245 Å². The van der Waals surface area contributed by atoms with E-state index in [1.807, 2.05) is 0 Å². The Kier molecular flexibility index (Phi) is 10.0. The maximum Gasteiger partial charge on any atom is 0.469 e. The Morgan fingerprint density at radius 2 is 1.55 bits per heavy atom. The van der Waals surface area contributed by atoms with Crippen LogP contribution in [-0.4, -0.2) is 104 Å². The molecule has 4 fully saturated rings. The molecule has 49 heavy (non-hydrogen) atoms. The van der Waals surface area contributed by atoms with Crippen molar-refractivity contribution in [3.05, 3.63) is 17.1 Å². The fraction of sp³-hybridized carbons (Fsp3) is 0.750. The lowest BCUT2D eigenvalue weighted by molar-refractivity contribution is -0.199. The van der Waals surface area contributed by atoms with Gasteiger partial charge in [0.25, 0.3) is 9.70 Å². The second-order valence-electron chi connectivity index (χ2n) is 12.6. The largest absolute Gasteiger partial charge is 0.469 e. The molecule has 1 saturated carbocycles. The van der Waals surface area contributed by atoms with Gasteiger partial charge in [-0.2, -0.15) is 4.99 Å². The Morgan fingerprint density at radius 3 is 2.16 bits per heavy atom. The van der Waals surface area contributed by atoms with Crippen molar-refractivity contribution >= 4 is 79.1 Å². The third-order valence-electron chi connectivity index (χ3n) is 8.21. The van der Waals surface area contributed by atoms with Crippen molar-refractivity contribution < 1.29 is 66.2 Å². The summed E-state index contributed by atoms with van der Waals surface area (Å²) in [6, 6.07) is -0.728. The highest BCUT2D eigenvalue weighted by molar-refractivity contribution is 7.46. The Labute approximate surface area is 297 Å². The van der Waals surface area contributed by atoms with Crippen LogP contribution in [0.2, 0.25) is 5.28 Å². The Morgan fingerprint density at radius 1 is 0.980 bits per heavy atom. The number of carbonyl (C=O) groups excluding carboxylic acids is 1. The molecule has 2 aromatic heterocycles. The van der Waals surface area contributed by atoms with Crippen LogP contribution in [0.4, 0.5) is 0 Å². The number of carbonyl (C=O) groups is 1. The molecule has 19 nitrogen and oxygen atoms in total. The lowest BCUT2D eigenvalue weighted by atomic mass is 10.1. The molecule has 2 aromatic rings. The van der Waals surface area contributed by atoms with E-state index in [9.17, 15) is 33.5 Å². The van der Waals surface area contributed by atoms with Gasteiger partial charge in [0.1, 0.15) is 24.4 Å². The van der Waals surface area contributed by atoms with Crippen LogP contribution >= 0.6 is 62.0 Å². The predicted octanol–water partition coefficient (Wildman–Crippen LogP) is 2.40. The summed E-state index contributed by atoms with van der Waals surface area (Å²) < 4.78 is 63.2. The van der Waals surface area contributed by atoms with Crippen molar-refractivity contribution in [2.24, 2.45) is 10.9 Å². The minimum absolute atomic E-state index is 0.0191. The van der Waals surface area contributed by atoms with Crippen molar-refractivity contribution in [3.8, 4) is 0 Å². The van der Waals surface area contributed by atoms with Crippen LogP contribution < -0.4 is 5.49 Å². The van der Waals surface area contributed by atoms with E-state index in [-0.39, 0.29) is 35.0 Å². The standard InChI is InChI=1S/C24H31Cl4N5O14P2/c1-22(2)44-13-9(6-41-48(35,36)37)5-10(14(13)45-22)32-8-29-17-12(18(32)31-20(34)24(26,27)28)30-21(25)33(17)19-16-15(46-23(3,4)47-16)11(43-19)7-42-49(38,39)40/h8-11,13-16,19H,5-7H2,1-4H3,(H2,35,36,37)(H2,38,39,40)/t9-,10-,11-,13-,14+,15-,16-,19-/m1/s1. The zero-order chi connectivity index (χ0) is 36.1. The third kappa shape index (κ3) is 7.94. The van der Waals surface area contributed by atoms with Gasteiger partial charge in [-0.25, -0.2) is 19.1 Å². The molecular formula is C24H31Cl4N5O14P2. The van der Waals surface area contributed by atoms with Gasteiger partial charge in [-0.3, -0.25) is 18.4 Å². The number of phosphoric acid groups is 2. The average molecular weight is 817 g/mol. The Balaban J connectivity index is 1.46. The summed E-state index contributed by atoms with van der Waals surface area (Å²) in [5, 5.41) is -0.217. The molecule has 25 heteroatoms. The van der Waals surface area contributed by atoms with E-state index in [0.717, 1.165) is 0 Å². The Hall–Kier alpha value is -0.800. The number of aromatic nitrogens is 4. The fourth-order valence-corrected chi connectivity index (χ4v) is 7.67. The first-order valence-corrected chi connectivity index (χ1v) is 19.1. The summed E-state index contributed by atoms with van der Waals surface area (Å²) in [6.45, 7) is 5.66. The van der Waals surface area contributed by atoms with Gasteiger partial charge in [-0.15, -0.1) is 0 Å². The molecule has 1 aliphatic carbocycles. The van der Waals surface area contributed by atoms with Crippen molar-refractivity contribution in [1.29, 1.82) is 0 Å². The molecule has 274 valence electrons. The molecule has 0 radical (unpaired) electrons. The Bertz CT molecular complexity index is 1810. The number of hydrogen-bond acceptors (Lipinski definition) is 12. The molecule has 0 spiro atoms. The molecule has 6 rings (SSSR count). The molecule has 0 aromatic carbocycles. The SMILES string of the molecule is CC1(C)O[C@@H]2[C@@H](COP(=O)(O)O)C[C@@H](n3cnc4c(nc(Cl)n4[C@@H]4O[C@H](COP(=O)(O)O)[C@H]5OC(C)(C)O[C@H]54)c3=NC(=O)C(Cl)(Cl)Cl)[C@@H]2O1. The first kappa shape index (κ1) is 37.9. The lowest BCUT2D eigenvalue weighted by Gasteiger charge is -2.25. The molecule has 0 bridgehead atoms. The summed E-state index contributed by atoms with van der Waals surface area (Å²) in [6.07, 6.45) is -3.93. The number of alkyl halides is 3. The number of amides is 1. The summed E-state index contributed by atoms with van der Waals surface area (Å²) in [5.74, 6) is -4.02. The van der Waals surface area contributed by atoms with Crippen molar-refractivity contribution in [1.82, 2.24) is 19.1 Å². The van der Waals surface area contributed by atoms with Crippen LogP contribution in [0.3, 0.4) is 0 Å². The van der Waals surface area contributed by atoms with Crippen LogP contribution in [0.5, 0.6) is 0 Å². The van der Waals surface area contributed by atoms with Gasteiger partial charge in [-0.1, -0.05) is 34.8 Å². The van der Waals surface area contributed by atoms with Crippen LogP contribution in [0.25, 0.3) is 11.2 Å². The maximum absolute atomic E-state index is 13.1. The zero-order valence-electron chi connectivity index (χ0n) is 25.8. The van der Waals surface area contributed by atoms with Gasteiger partial charge >= 0.3 is 15.6 Å². The molecule has 4 aliphatic rings. The lowest BCUT2D eigenvalue weighted by Crippen LogP contribution is -2.36. The number of phosphoric ester groups is 2. The van der Waals surface area contributed by atoms with E-state index in [2.05, 4.69) is 15.0 Å². The number of hydrogen-bond donors (Lipinski definition) is 4. The smallest absolute Gasteiger partial charge is 0.346 e. The van der Waals surface area contributed by atoms with Crippen LogP contribution in [0.15, 0.2) is 11.3 Å². The second kappa shape index (κ2) is 13.0. The van der Waals surface area contributed by atoms with E-state index in [0.29, 0.717) is 0 Å². The van der Waals surface area contributed by atoms with E-state index < -0.39 is 92.2 Å². The molecule has 3 aliphatic heterocycles. The second-order valence-corrected chi connectivity index (χ2v) is 17.7. The highest BCUT2D eigenvalue weighted by Gasteiger charge is 2.58. The zero-order valence-corrected chi connectivity index (χ0v) is 30.6. The van der Waals surface area contributed by atoms with Crippen LogP contribution in [-0.2, 0) is 46.7 Å². The van der Waals surface area contributed by atoms with Crippen LogP contribution in [0, 0.1) is 5.92 Å². The molecular weight excluding hydrogens is 786 g/mol. The monoisotopic (exact) mass is 815 g/mol. The summed E-state index contributed by atoms with van der Waals surface area (Å²) >= 11 is 24.4. The number of ether oxygens (including phenoxy) is 5. The van der Waals surface area contributed by atoms with Crippen molar-refractivity contribution in [2.45, 2.75) is 92.3 Å². The highest BCUT2D eigenvalue weighted by atomic mass is 35.6. The molecule has 3 saturated heterocycles. The molecule has 8 atom stereocenters. The third-order valence-corrected chi connectivity index (χ3v) is 9.93. The molecule has 0 unspecified atom stereocenters. The van der Waals surface area contributed by atoms with Gasteiger partial charge < -0.3 is 47.8 Å². The van der Waals surface area contributed by atoms with Gasteiger partial charge in [0.15, 0.2) is 34.5 Å². The first-order valence-electron chi connectivity index (χ1n) is 14.5. The molecule has 5 heterocycles. The minimum atomic E-state index is -4.88. The van der Waals surface area contributed by atoms with E-state index in [1.165, 1.54) is 15.5 Å². The number of imidazole rings is 1. The summed E-state index contributed by atoms with van der Waals surface area (Å²) in [5.41, 5.74) is -0.214. The first-order chi connectivity index (χ1) is 22.4. The van der Waals surface area contributed by atoms with Gasteiger partial charge in [0.05, 0.1) is 31.7 Å². The molecule has 4 N–H and O–H groups in total. The predicted molar refractivity (Wildman–Crippen MR) is 166 cm³/mol. The van der Waals surface area contributed by atoms with Crippen molar-refractivity contribution in [3.63, 3.8) is 0 Å². The van der Waals surface area contributed by atoms with Crippen molar-refractivity contribution in [2.75, 3.05) is 13.2 Å². The highest BCUT2D eigenvalue weighted by Crippen LogP contribution is 2.49. The van der Waals surface area contributed by atoms with Gasteiger partial charge in [0, 0.05) is 5.92 Å². The van der Waals surface area contributed by atoms with E-state index in [1.54, 1.807) is 27.7 Å². The van der Waals surface area contributed by atoms with E-state index >= 15 is 0 Å².